The minimum atomic E-state index is -0.786. The zero-order valence-electron chi connectivity index (χ0n) is 10.1. The molecule has 0 aliphatic heterocycles. The van der Waals surface area contributed by atoms with Gasteiger partial charge in [0.1, 0.15) is 5.82 Å². The van der Waals surface area contributed by atoms with Crippen molar-refractivity contribution < 1.29 is 9.50 Å². The third-order valence-corrected chi connectivity index (χ3v) is 2.94. The van der Waals surface area contributed by atoms with Gasteiger partial charge < -0.3 is 10.8 Å². The van der Waals surface area contributed by atoms with Crippen molar-refractivity contribution in [1.29, 1.82) is 0 Å². The molecule has 0 radical (unpaired) electrons. The SMILES string of the molecule is Cc1ccc(C(O)Cc2cnccc2N)cc1F. The van der Waals surface area contributed by atoms with Crippen molar-refractivity contribution in [3.63, 3.8) is 0 Å². The van der Waals surface area contributed by atoms with Crippen LogP contribution in [0.3, 0.4) is 0 Å². The van der Waals surface area contributed by atoms with Gasteiger partial charge in [0.25, 0.3) is 0 Å². The first-order valence-corrected chi connectivity index (χ1v) is 5.70. The van der Waals surface area contributed by atoms with E-state index in [2.05, 4.69) is 4.98 Å². The zero-order valence-corrected chi connectivity index (χ0v) is 10.1. The second kappa shape index (κ2) is 5.14. The van der Waals surface area contributed by atoms with Crippen LogP contribution in [0.5, 0.6) is 0 Å². The predicted molar refractivity (Wildman–Crippen MR) is 68.5 cm³/mol. The minimum Gasteiger partial charge on any atom is -0.398 e. The summed E-state index contributed by atoms with van der Waals surface area (Å²) in [7, 11) is 0. The van der Waals surface area contributed by atoms with Crippen molar-refractivity contribution in [2.24, 2.45) is 0 Å². The maximum atomic E-state index is 13.4. The van der Waals surface area contributed by atoms with Gasteiger partial charge in [0.15, 0.2) is 0 Å². The molecule has 2 rings (SSSR count). The molecule has 0 saturated heterocycles. The lowest BCUT2D eigenvalue weighted by atomic mass is 10.0. The normalized spacial score (nSPS) is 12.4. The topological polar surface area (TPSA) is 59.1 Å². The molecular formula is C14H15FN2O. The van der Waals surface area contributed by atoms with E-state index < -0.39 is 6.10 Å². The number of benzene rings is 1. The van der Waals surface area contributed by atoms with Crippen molar-refractivity contribution in [2.75, 3.05) is 5.73 Å². The van der Waals surface area contributed by atoms with Crippen LogP contribution in [0.4, 0.5) is 10.1 Å². The molecule has 4 heteroatoms. The Morgan fingerprint density at radius 1 is 1.39 bits per heavy atom. The number of rotatable bonds is 3. The second-order valence-corrected chi connectivity index (χ2v) is 4.30. The van der Waals surface area contributed by atoms with Crippen LogP contribution in [-0.2, 0) is 6.42 Å². The van der Waals surface area contributed by atoms with Crippen molar-refractivity contribution >= 4 is 5.69 Å². The number of aromatic nitrogens is 1. The summed E-state index contributed by atoms with van der Waals surface area (Å²) in [5.41, 5.74) is 8.22. The van der Waals surface area contributed by atoms with Crippen LogP contribution in [0, 0.1) is 12.7 Å². The molecule has 1 heterocycles. The highest BCUT2D eigenvalue weighted by Crippen LogP contribution is 2.22. The van der Waals surface area contributed by atoms with E-state index in [0.29, 0.717) is 23.2 Å². The highest BCUT2D eigenvalue weighted by molar-refractivity contribution is 5.45. The first-order chi connectivity index (χ1) is 8.58. The van der Waals surface area contributed by atoms with E-state index in [1.54, 1.807) is 37.5 Å². The number of nitrogen functional groups attached to an aromatic ring is 1. The number of hydrogen-bond acceptors (Lipinski definition) is 3. The average molecular weight is 246 g/mol. The number of anilines is 1. The Morgan fingerprint density at radius 2 is 2.17 bits per heavy atom. The van der Waals surface area contributed by atoms with Crippen LogP contribution < -0.4 is 5.73 Å². The van der Waals surface area contributed by atoms with Crippen molar-refractivity contribution in [3.8, 4) is 0 Å². The largest absolute Gasteiger partial charge is 0.398 e. The summed E-state index contributed by atoms with van der Waals surface area (Å²) in [5, 5.41) is 10.1. The third-order valence-electron chi connectivity index (χ3n) is 2.94. The van der Waals surface area contributed by atoms with Gasteiger partial charge in [-0.25, -0.2) is 4.39 Å². The summed E-state index contributed by atoms with van der Waals surface area (Å²) in [6, 6.07) is 6.40. The molecule has 0 saturated carbocycles. The van der Waals surface area contributed by atoms with E-state index in [9.17, 15) is 9.50 Å². The number of aryl methyl sites for hydroxylation is 1. The van der Waals surface area contributed by atoms with Crippen LogP contribution in [0.1, 0.15) is 22.8 Å². The molecule has 0 aliphatic rings. The zero-order chi connectivity index (χ0) is 13.1. The van der Waals surface area contributed by atoms with Gasteiger partial charge in [-0.3, -0.25) is 4.98 Å². The number of nitrogens with zero attached hydrogens (tertiary/aromatic N) is 1. The van der Waals surface area contributed by atoms with Gasteiger partial charge in [-0.05, 0) is 35.7 Å². The molecule has 0 amide bonds. The maximum Gasteiger partial charge on any atom is 0.126 e. The van der Waals surface area contributed by atoms with E-state index in [4.69, 9.17) is 5.73 Å². The van der Waals surface area contributed by atoms with Gasteiger partial charge in [-0.15, -0.1) is 0 Å². The Kier molecular flexibility index (Phi) is 3.58. The number of halogens is 1. The Hall–Kier alpha value is -1.94. The van der Waals surface area contributed by atoms with Gasteiger partial charge in [-0.1, -0.05) is 12.1 Å². The molecule has 1 aromatic heterocycles. The molecule has 94 valence electrons. The Morgan fingerprint density at radius 3 is 2.83 bits per heavy atom. The lowest BCUT2D eigenvalue weighted by Gasteiger charge is -2.13. The smallest absolute Gasteiger partial charge is 0.126 e. The third kappa shape index (κ3) is 2.65. The van der Waals surface area contributed by atoms with Gasteiger partial charge in [0, 0.05) is 24.5 Å². The number of hydrogen-bond donors (Lipinski definition) is 2. The van der Waals surface area contributed by atoms with Gasteiger partial charge in [-0.2, -0.15) is 0 Å². The van der Waals surface area contributed by atoms with E-state index in [0.717, 1.165) is 5.56 Å². The summed E-state index contributed by atoms with van der Waals surface area (Å²) < 4.78 is 13.4. The molecule has 3 nitrogen and oxygen atoms in total. The highest BCUT2D eigenvalue weighted by atomic mass is 19.1. The summed E-state index contributed by atoms with van der Waals surface area (Å²) >= 11 is 0. The predicted octanol–water partition coefficient (Wildman–Crippen LogP) is 2.39. The fraction of sp³-hybridized carbons (Fsp3) is 0.214. The number of aliphatic hydroxyl groups is 1. The summed E-state index contributed by atoms with van der Waals surface area (Å²) in [5.74, 6) is -0.314. The second-order valence-electron chi connectivity index (χ2n) is 4.30. The number of nitrogens with two attached hydrogens (primary N) is 1. The minimum absolute atomic E-state index is 0.314. The monoisotopic (exact) mass is 246 g/mol. The fourth-order valence-electron chi connectivity index (χ4n) is 1.75. The van der Waals surface area contributed by atoms with Crippen molar-refractivity contribution in [2.45, 2.75) is 19.4 Å². The van der Waals surface area contributed by atoms with E-state index in [1.165, 1.54) is 6.07 Å². The molecule has 0 bridgehead atoms. The lowest BCUT2D eigenvalue weighted by Crippen LogP contribution is -2.05. The molecule has 18 heavy (non-hydrogen) atoms. The van der Waals surface area contributed by atoms with Crippen LogP contribution in [0.25, 0.3) is 0 Å². The molecule has 0 spiro atoms. The summed E-state index contributed by atoms with van der Waals surface area (Å²) in [4.78, 5) is 3.96. The average Bonchev–Trinajstić information content (AvgIpc) is 2.35. The molecule has 0 aliphatic carbocycles. The Bertz CT molecular complexity index is 557. The maximum absolute atomic E-state index is 13.4. The molecule has 2 aromatic rings. The van der Waals surface area contributed by atoms with E-state index in [1.807, 2.05) is 0 Å². The quantitative estimate of drug-likeness (QED) is 0.874. The van der Waals surface area contributed by atoms with Crippen LogP contribution in [-0.4, -0.2) is 10.1 Å². The summed E-state index contributed by atoms with van der Waals surface area (Å²) in [6.45, 7) is 1.69. The van der Waals surface area contributed by atoms with Crippen molar-refractivity contribution in [3.05, 3.63) is 59.2 Å². The molecule has 3 N–H and O–H groups in total. The number of aliphatic hydroxyl groups excluding tert-OH is 1. The first kappa shape index (κ1) is 12.5. The van der Waals surface area contributed by atoms with Crippen LogP contribution >= 0.6 is 0 Å². The molecular weight excluding hydrogens is 231 g/mol. The lowest BCUT2D eigenvalue weighted by molar-refractivity contribution is 0.178. The molecule has 1 unspecified atom stereocenters. The standard InChI is InChI=1S/C14H15FN2O/c1-9-2-3-10(6-12(9)15)14(18)7-11-8-17-5-4-13(11)16/h2-6,8,14,18H,7H2,1H3,(H2,16,17). The van der Waals surface area contributed by atoms with Crippen molar-refractivity contribution in [1.82, 2.24) is 4.98 Å². The van der Waals surface area contributed by atoms with Gasteiger partial charge in [0.2, 0.25) is 0 Å². The van der Waals surface area contributed by atoms with Gasteiger partial charge >= 0.3 is 0 Å². The van der Waals surface area contributed by atoms with Gasteiger partial charge in [0.05, 0.1) is 6.10 Å². The van der Waals surface area contributed by atoms with E-state index in [-0.39, 0.29) is 5.82 Å². The molecule has 1 atom stereocenters. The Balaban J connectivity index is 2.19. The number of pyridine rings is 1. The first-order valence-electron chi connectivity index (χ1n) is 5.70. The van der Waals surface area contributed by atoms with Crippen LogP contribution in [0.2, 0.25) is 0 Å². The van der Waals surface area contributed by atoms with Crippen LogP contribution in [0.15, 0.2) is 36.7 Å². The molecule has 1 aromatic carbocycles. The van der Waals surface area contributed by atoms with E-state index >= 15 is 0 Å². The fourth-order valence-corrected chi connectivity index (χ4v) is 1.75. The highest BCUT2D eigenvalue weighted by Gasteiger charge is 2.12. The Labute approximate surface area is 105 Å². The molecule has 0 fully saturated rings. The summed E-state index contributed by atoms with van der Waals surface area (Å²) in [6.07, 6.45) is 2.74.